The second kappa shape index (κ2) is 3.16. The zero-order chi connectivity index (χ0) is 9.24. The molecule has 0 amide bonds. The van der Waals surface area contributed by atoms with Crippen LogP contribution in [-0.4, -0.2) is 32.0 Å². The highest BCUT2D eigenvalue weighted by Crippen LogP contribution is 2.27. The van der Waals surface area contributed by atoms with Gasteiger partial charge in [0.05, 0.1) is 12.9 Å². The molecule has 0 saturated heterocycles. The van der Waals surface area contributed by atoms with Gasteiger partial charge in [-0.15, -0.1) is 0 Å². The number of aliphatic hydroxyl groups excluding tert-OH is 1. The van der Waals surface area contributed by atoms with Gasteiger partial charge in [0.15, 0.2) is 0 Å². The molecule has 1 aliphatic carbocycles. The van der Waals surface area contributed by atoms with Crippen molar-refractivity contribution >= 4 is 10.1 Å². The number of hydrogen-bond donors (Lipinski definition) is 1. The Kier molecular flexibility index (Phi) is 2.55. The summed E-state index contributed by atoms with van der Waals surface area (Å²) in [6.45, 7) is -0.295. The monoisotopic (exact) mass is 192 g/mol. The van der Waals surface area contributed by atoms with Crippen molar-refractivity contribution in [2.24, 2.45) is 0 Å². The molecule has 1 atom stereocenters. The highest BCUT2D eigenvalue weighted by Gasteiger charge is 2.33. The van der Waals surface area contributed by atoms with Crippen LogP contribution in [0.4, 0.5) is 0 Å². The summed E-state index contributed by atoms with van der Waals surface area (Å²) in [4.78, 5) is 0. The molecule has 1 rings (SSSR count). The quantitative estimate of drug-likeness (QED) is 0.506. The summed E-state index contributed by atoms with van der Waals surface area (Å²) in [6.07, 6.45) is 5.67. The van der Waals surface area contributed by atoms with Crippen molar-refractivity contribution in [1.82, 2.24) is 0 Å². The van der Waals surface area contributed by atoms with E-state index in [1.807, 2.05) is 0 Å². The molecule has 0 bridgehead atoms. The molecule has 0 radical (unpaired) electrons. The van der Waals surface area contributed by atoms with Gasteiger partial charge in [-0.25, -0.2) is 0 Å². The van der Waals surface area contributed by atoms with Crippen molar-refractivity contribution in [3.05, 3.63) is 12.2 Å². The topological polar surface area (TPSA) is 63.6 Å². The van der Waals surface area contributed by atoms with Crippen LogP contribution in [0.1, 0.15) is 12.8 Å². The Labute approximate surface area is 72.0 Å². The molecule has 1 N–H and O–H groups in total. The van der Waals surface area contributed by atoms with Crippen molar-refractivity contribution < 1.29 is 17.7 Å². The van der Waals surface area contributed by atoms with E-state index >= 15 is 0 Å². The molecule has 4 nitrogen and oxygen atoms in total. The van der Waals surface area contributed by atoms with Gasteiger partial charge in [0, 0.05) is 0 Å². The maximum Gasteiger partial charge on any atom is 0.265 e. The van der Waals surface area contributed by atoms with Gasteiger partial charge in [0.1, 0.15) is 5.60 Å². The van der Waals surface area contributed by atoms with E-state index < -0.39 is 15.7 Å². The zero-order valence-corrected chi connectivity index (χ0v) is 7.67. The smallest absolute Gasteiger partial charge is 0.265 e. The molecule has 0 fully saturated rings. The molecule has 0 spiro atoms. The standard InChI is InChI=1S/C7H12O4S/c1-12(9,10)11-7(6-8)4-2-3-5-7/h2,4,8H,3,5-6H2,1H3/t7-/m1/s1. The molecule has 0 aliphatic heterocycles. The number of allylic oxidation sites excluding steroid dienone is 1. The predicted octanol–water partition coefficient (Wildman–Crippen LogP) is 0.0437. The van der Waals surface area contributed by atoms with E-state index in [-0.39, 0.29) is 6.61 Å². The lowest BCUT2D eigenvalue weighted by molar-refractivity contribution is 0.0569. The van der Waals surface area contributed by atoms with Crippen LogP contribution in [0, 0.1) is 0 Å². The average Bonchev–Trinajstić information content (AvgIpc) is 2.34. The Morgan fingerprint density at radius 2 is 2.33 bits per heavy atom. The van der Waals surface area contributed by atoms with Gasteiger partial charge in [0.25, 0.3) is 10.1 Å². The van der Waals surface area contributed by atoms with E-state index in [1.54, 1.807) is 12.2 Å². The van der Waals surface area contributed by atoms with E-state index in [0.717, 1.165) is 12.7 Å². The molecule has 0 aromatic heterocycles. The fourth-order valence-electron chi connectivity index (χ4n) is 1.24. The maximum atomic E-state index is 10.8. The van der Waals surface area contributed by atoms with Gasteiger partial charge in [-0.1, -0.05) is 12.2 Å². The first-order valence-corrected chi connectivity index (χ1v) is 5.48. The van der Waals surface area contributed by atoms with Crippen LogP contribution < -0.4 is 0 Å². The molecule has 0 saturated carbocycles. The number of hydrogen-bond acceptors (Lipinski definition) is 4. The van der Waals surface area contributed by atoms with E-state index in [2.05, 4.69) is 0 Å². The first kappa shape index (κ1) is 9.70. The van der Waals surface area contributed by atoms with Crippen molar-refractivity contribution in [3.63, 3.8) is 0 Å². The van der Waals surface area contributed by atoms with Crippen LogP contribution in [0.15, 0.2) is 12.2 Å². The maximum absolute atomic E-state index is 10.8. The molecule has 0 unspecified atom stereocenters. The van der Waals surface area contributed by atoms with Crippen LogP contribution in [0.2, 0.25) is 0 Å². The van der Waals surface area contributed by atoms with Gasteiger partial charge in [-0.2, -0.15) is 8.42 Å². The SMILES string of the molecule is CS(=O)(=O)O[C@]1(CO)C=CCC1. The summed E-state index contributed by atoms with van der Waals surface area (Å²) < 4.78 is 26.3. The van der Waals surface area contributed by atoms with Gasteiger partial charge < -0.3 is 5.11 Å². The minimum atomic E-state index is -3.49. The van der Waals surface area contributed by atoms with Crippen LogP contribution in [0.3, 0.4) is 0 Å². The zero-order valence-electron chi connectivity index (χ0n) is 6.86. The Hall–Kier alpha value is -0.390. The van der Waals surface area contributed by atoms with Crippen LogP contribution >= 0.6 is 0 Å². The fraction of sp³-hybridized carbons (Fsp3) is 0.714. The van der Waals surface area contributed by atoms with Crippen molar-refractivity contribution in [2.75, 3.05) is 12.9 Å². The fourth-order valence-corrected chi connectivity index (χ4v) is 2.03. The van der Waals surface area contributed by atoms with Crippen molar-refractivity contribution in [1.29, 1.82) is 0 Å². The van der Waals surface area contributed by atoms with E-state index in [0.29, 0.717) is 6.42 Å². The van der Waals surface area contributed by atoms with Gasteiger partial charge in [0.2, 0.25) is 0 Å². The lowest BCUT2D eigenvalue weighted by atomic mass is 10.1. The molecular formula is C7H12O4S. The molecule has 70 valence electrons. The third kappa shape index (κ3) is 2.30. The van der Waals surface area contributed by atoms with E-state index in [1.165, 1.54) is 0 Å². The lowest BCUT2D eigenvalue weighted by Gasteiger charge is -2.22. The lowest BCUT2D eigenvalue weighted by Crippen LogP contribution is -2.34. The Bertz CT molecular complexity index is 280. The molecule has 0 aromatic carbocycles. The highest BCUT2D eigenvalue weighted by molar-refractivity contribution is 7.86. The van der Waals surface area contributed by atoms with Gasteiger partial charge in [-0.05, 0) is 12.8 Å². The minimum Gasteiger partial charge on any atom is -0.393 e. The summed E-state index contributed by atoms with van der Waals surface area (Å²) in [5.41, 5.74) is -0.992. The van der Waals surface area contributed by atoms with Gasteiger partial charge in [-0.3, -0.25) is 4.18 Å². The van der Waals surface area contributed by atoms with Gasteiger partial charge >= 0.3 is 0 Å². The summed E-state index contributed by atoms with van der Waals surface area (Å²) >= 11 is 0. The molecule has 0 aromatic rings. The van der Waals surface area contributed by atoms with Crippen LogP contribution in [-0.2, 0) is 14.3 Å². The molecular weight excluding hydrogens is 180 g/mol. The molecule has 0 heterocycles. The summed E-state index contributed by atoms with van der Waals surface area (Å²) in [5.74, 6) is 0. The van der Waals surface area contributed by atoms with E-state index in [9.17, 15) is 8.42 Å². The van der Waals surface area contributed by atoms with E-state index in [4.69, 9.17) is 9.29 Å². The second-order valence-electron chi connectivity index (χ2n) is 2.95. The molecule has 1 aliphatic rings. The van der Waals surface area contributed by atoms with Crippen molar-refractivity contribution in [3.8, 4) is 0 Å². The van der Waals surface area contributed by atoms with Crippen LogP contribution in [0.5, 0.6) is 0 Å². The highest BCUT2D eigenvalue weighted by atomic mass is 32.2. The van der Waals surface area contributed by atoms with Crippen molar-refractivity contribution in [2.45, 2.75) is 18.4 Å². The number of rotatable bonds is 3. The normalized spacial score (nSPS) is 29.5. The molecule has 5 heteroatoms. The molecule has 12 heavy (non-hydrogen) atoms. The summed E-state index contributed by atoms with van der Waals surface area (Å²) in [7, 11) is -3.49. The first-order chi connectivity index (χ1) is 5.47. The Balaban J connectivity index is 2.76. The predicted molar refractivity (Wildman–Crippen MR) is 44.1 cm³/mol. The number of aliphatic hydroxyl groups is 1. The minimum absolute atomic E-state index is 0.295. The second-order valence-corrected chi connectivity index (χ2v) is 4.53. The third-order valence-electron chi connectivity index (χ3n) is 1.74. The summed E-state index contributed by atoms with van der Waals surface area (Å²) in [6, 6.07) is 0. The third-order valence-corrected chi connectivity index (χ3v) is 2.38. The Morgan fingerprint density at radius 3 is 2.67 bits per heavy atom. The summed E-state index contributed by atoms with van der Waals surface area (Å²) in [5, 5.41) is 8.94. The largest absolute Gasteiger partial charge is 0.393 e. The Morgan fingerprint density at radius 1 is 1.67 bits per heavy atom. The average molecular weight is 192 g/mol. The first-order valence-electron chi connectivity index (χ1n) is 3.67. The van der Waals surface area contributed by atoms with Crippen LogP contribution in [0.25, 0.3) is 0 Å².